The maximum absolute atomic E-state index is 13.1. The fraction of sp³-hybridized carbons (Fsp3) is 0.579. The SMILES string of the molecule is O=C1COc2ccc(S(=O)(=O)N3CCCC(C(=O)N4CCCCC4)C3)cc2N1. The van der Waals surface area contributed by atoms with Gasteiger partial charge in [-0.2, -0.15) is 4.31 Å². The summed E-state index contributed by atoms with van der Waals surface area (Å²) in [4.78, 5) is 26.3. The molecule has 0 bridgehead atoms. The van der Waals surface area contributed by atoms with Gasteiger partial charge in [-0.25, -0.2) is 8.42 Å². The molecule has 0 radical (unpaired) electrons. The first kappa shape index (κ1) is 19.2. The van der Waals surface area contributed by atoms with Crippen LogP contribution < -0.4 is 10.1 Å². The molecule has 2 amide bonds. The van der Waals surface area contributed by atoms with Gasteiger partial charge in [0.15, 0.2) is 6.61 Å². The molecule has 0 spiro atoms. The summed E-state index contributed by atoms with van der Waals surface area (Å²) in [5.74, 6) is -0.0736. The number of ether oxygens (including phenoxy) is 1. The van der Waals surface area contributed by atoms with Crippen molar-refractivity contribution >= 4 is 27.5 Å². The highest BCUT2D eigenvalue weighted by molar-refractivity contribution is 7.89. The molecule has 28 heavy (non-hydrogen) atoms. The van der Waals surface area contributed by atoms with Crippen LogP contribution in [-0.2, 0) is 19.6 Å². The first-order valence-electron chi connectivity index (χ1n) is 9.81. The van der Waals surface area contributed by atoms with Gasteiger partial charge in [-0.05, 0) is 50.3 Å². The summed E-state index contributed by atoms with van der Waals surface area (Å²) in [5.41, 5.74) is 0.357. The summed E-state index contributed by atoms with van der Waals surface area (Å²) in [6, 6.07) is 4.47. The highest BCUT2D eigenvalue weighted by atomic mass is 32.2. The summed E-state index contributed by atoms with van der Waals surface area (Å²) < 4.78 is 33.0. The van der Waals surface area contributed by atoms with E-state index in [4.69, 9.17) is 4.74 Å². The lowest BCUT2D eigenvalue weighted by Gasteiger charge is -2.35. The number of fused-ring (bicyclic) bond motifs is 1. The molecule has 1 unspecified atom stereocenters. The van der Waals surface area contributed by atoms with Crippen LogP contribution in [0.25, 0.3) is 0 Å². The fourth-order valence-electron chi connectivity index (χ4n) is 4.11. The van der Waals surface area contributed by atoms with Gasteiger partial charge in [-0.15, -0.1) is 0 Å². The van der Waals surface area contributed by atoms with Gasteiger partial charge in [0.05, 0.1) is 16.5 Å². The molecule has 3 aliphatic heterocycles. The van der Waals surface area contributed by atoms with E-state index in [1.807, 2.05) is 4.90 Å². The first-order chi connectivity index (χ1) is 13.4. The van der Waals surface area contributed by atoms with Gasteiger partial charge in [0.2, 0.25) is 15.9 Å². The average molecular weight is 407 g/mol. The second kappa shape index (κ2) is 7.71. The molecule has 3 heterocycles. The molecular formula is C19H25N3O5S. The maximum atomic E-state index is 13.1. The number of hydrogen-bond acceptors (Lipinski definition) is 5. The molecule has 1 aromatic rings. The zero-order valence-corrected chi connectivity index (χ0v) is 16.5. The van der Waals surface area contributed by atoms with Crippen molar-refractivity contribution in [2.75, 3.05) is 38.1 Å². The third-order valence-electron chi connectivity index (χ3n) is 5.62. The van der Waals surface area contributed by atoms with Gasteiger partial charge in [-0.1, -0.05) is 0 Å². The van der Waals surface area contributed by atoms with E-state index in [0.29, 0.717) is 24.4 Å². The van der Waals surface area contributed by atoms with E-state index in [-0.39, 0.29) is 35.8 Å². The van der Waals surface area contributed by atoms with E-state index >= 15 is 0 Å². The van der Waals surface area contributed by atoms with Crippen LogP contribution >= 0.6 is 0 Å². The zero-order chi connectivity index (χ0) is 19.7. The Hall–Kier alpha value is -2.13. The number of benzene rings is 1. The van der Waals surface area contributed by atoms with Crippen LogP contribution in [0.2, 0.25) is 0 Å². The minimum absolute atomic E-state index is 0.0747. The van der Waals surface area contributed by atoms with Gasteiger partial charge >= 0.3 is 0 Å². The van der Waals surface area contributed by atoms with Gasteiger partial charge in [0.25, 0.3) is 5.91 Å². The highest BCUT2D eigenvalue weighted by Gasteiger charge is 2.35. The van der Waals surface area contributed by atoms with E-state index in [1.54, 1.807) is 6.07 Å². The summed E-state index contributed by atoms with van der Waals surface area (Å²) >= 11 is 0. The molecule has 0 aliphatic carbocycles. The molecule has 2 saturated heterocycles. The summed E-state index contributed by atoms with van der Waals surface area (Å²) in [5, 5.41) is 2.64. The average Bonchev–Trinajstić information content (AvgIpc) is 2.73. The molecule has 1 atom stereocenters. The summed E-state index contributed by atoms with van der Waals surface area (Å²) in [6.07, 6.45) is 4.56. The van der Waals surface area contributed by atoms with Crippen molar-refractivity contribution in [1.29, 1.82) is 0 Å². The number of sulfonamides is 1. The van der Waals surface area contributed by atoms with Gasteiger partial charge < -0.3 is 15.0 Å². The molecule has 1 N–H and O–H groups in total. The Labute approximate surface area is 164 Å². The Balaban J connectivity index is 1.51. The Morgan fingerprint density at radius 2 is 1.89 bits per heavy atom. The van der Waals surface area contributed by atoms with Crippen LogP contribution in [0, 0.1) is 5.92 Å². The second-order valence-electron chi connectivity index (χ2n) is 7.58. The molecule has 2 fully saturated rings. The fourth-order valence-corrected chi connectivity index (χ4v) is 5.66. The second-order valence-corrected chi connectivity index (χ2v) is 9.52. The zero-order valence-electron chi connectivity index (χ0n) is 15.7. The van der Waals surface area contributed by atoms with Crippen molar-refractivity contribution in [2.45, 2.75) is 37.0 Å². The third-order valence-corrected chi connectivity index (χ3v) is 7.48. The largest absolute Gasteiger partial charge is 0.482 e. The Morgan fingerprint density at radius 1 is 1.11 bits per heavy atom. The number of nitrogens with one attached hydrogen (secondary N) is 1. The number of carbonyl (C=O) groups is 2. The van der Waals surface area contributed by atoms with E-state index in [0.717, 1.165) is 38.8 Å². The molecule has 152 valence electrons. The van der Waals surface area contributed by atoms with Crippen LogP contribution in [0.1, 0.15) is 32.1 Å². The number of anilines is 1. The standard InChI is InChI=1S/C19H25N3O5S/c23-18-13-27-17-7-6-15(11-16(17)20-18)28(25,26)22-10-4-5-14(12-22)19(24)21-8-2-1-3-9-21/h6-7,11,14H,1-5,8-10,12-13H2,(H,20,23). The van der Waals surface area contributed by atoms with Crippen molar-refractivity contribution < 1.29 is 22.7 Å². The Bertz CT molecular complexity index is 880. The highest BCUT2D eigenvalue weighted by Crippen LogP contribution is 2.32. The molecule has 0 saturated carbocycles. The number of amides is 2. The molecular weight excluding hydrogens is 382 g/mol. The number of piperidine rings is 2. The predicted octanol–water partition coefficient (Wildman–Crippen LogP) is 1.43. The molecule has 9 heteroatoms. The van der Waals surface area contributed by atoms with Crippen molar-refractivity contribution in [3.63, 3.8) is 0 Å². The number of likely N-dealkylation sites (tertiary alicyclic amines) is 1. The van der Waals surface area contributed by atoms with Crippen molar-refractivity contribution in [1.82, 2.24) is 9.21 Å². The maximum Gasteiger partial charge on any atom is 0.262 e. The predicted molar refractivity (Wildman–Crippen MR) is 102 cm³/mol. The van der Waals surface area contributed by atoms with E-state index in [9.17, 15) is 18.0 Å². The van der Waals surface area contributed by atoms with Crippen molar-refractivity contribution in [3.8, 4) is 5.75 Å². The number of hydrogen-bond donors (Lipinski definition) is 1. The van der Waals surface area contributed by atoms with Crippen LogP contribution in [0.4, 0.5) is 5.69 Å². The van der Waals surface area contributed by atoms with E-state index in [1.165, 1.54) is 16.4 Å². The quantitative estimate of drug-likeness (QED) is 0.818. The minimum Gasteiger partial charge on any atom is -0.482 e. The van der Waals surface area contributed by atoms with Crippen LogP contribution in [-0.4, -0.2) is 62.2 Å². The molecule has 1 aromatic carbocycles. The van der Waals surface area contributed by atoms with Crippen molar-refractivity contribution in [3.05, 3.63) is 18.2 Å². The first-order valence-corrected chi connectivity index (χ1v) is 11.2. The Morgan fingerprint density at radius 3 is 2.68 bits per heavy atom. The molecule has 4 rings (SSSR count). The topological polar surface area (TPSA) is 96.0 Å². The van der Waals surface area contributed by atoms with Crippen molar-refractivity contribution in [2.24, 2.45) is 5.92 Å². The van der Waals surface area contributed by atoms with Crippen LogP contribution in [0.3, 0.4) is 0 Å². The van der Waals surface area contributed by atoms with Crippen LogP contribution in [0.15, 0.2) is 23.1 Å². The smallest absolute Gasteiger partial charge is 0.262 e. The minimum atomic E-state index is -3.75. The number of nitrogens with zero attached hydrogens (tertiary/aromatic N) is 2. The lowest BCUT2D eigenvalue weighted by molar-refractivity contribution is -0.137. The lowest BCUT2D eigenvalue weighted by atomic mass is 9.97. The summed E-state index contributed by atoms with van der Waals surface area (Å²) in [7, 11) is -3.75. The number of carbonyl (C=O) groups excluding carboxylic acids is 2. The Kier molecular flexibility index (Phi) is 5.29. The third kappa shape index (κ3) is 3.73. The van der Waals surface area contributed by atoms with Gasteiger partial charge in [0, 0.05) is 26.2 Å². The monoisotopic (exact) mass is 407 g/mol. The summed E-state index contributed by atoms with van der Waals surface area (Å²) in [6.45, 7) is 2.06. The van der Waals surface area contributed by atoms with Gasteiger partial charge in [0.1, 0.15) is 5.75 Å². The normalized spacial score (nSPS) is 23.5. The number of rotatable bonds is 3. The van der Waals surface area contributed by atoms with E-state index < -0.39 is 10.0 Å². The van der Waals surface area contributed by atoms with Crippen LogP contribution in [0.5, 0.6) is 5.75 Å². The lowest BCUT2D eigenvalue weighted by Crippen LogP contribution is -2.47. The van der Waals surface area contributed by atoms with E-state index in [2.05, 4.69) is 5.32 Å². The van der Waals surface area contributed by atoms with Gasteiger partial charge in [-0.3, -0.25) is 9.59 Å². The molecule has 3 aliphatic rings. The molecule has 0 aromatic heterocycles. The molecule has 8 nitrogen and oxygen atoms in total.